The molecule has 0 amide bonds. The third-order valence-corrected chi connectivity index (χ3v) is 19.1. The third kappa shape index (κ3) is 13.0. The highest BCUT2D eigenvalue weighted by molar-refractivity contribution is 6.31. The van der Waals surface area contributed by atoms with Gasteiger partial charge in [0.15, 0.2) is 0 Å². The van der Waals surface area contributed by atoms with Gasteiger partial charge in [0.1, 0.15) is 0 Å². The van der Waals surface area contributed by atoms with Crippen molar-refractivity contribution >= 4 is 105 Å². The first-order valence-corrected chi connectivity index (χ1v) is 34.1. The maximum Gasteiger partial charge on any atom is 0.0467 e. The van der Waals surface area contributed by atoms with Gasteiger partial charge in [0, 0.05) is 33.5 Å². The van der Waals surface area contributed by atoms with Gasteiger partial charge in [0.2, 0.25) is 0 Å². The number of nitrogens with one attached hydrogen (secondary N) is 1. The molecule has 1 N–H and O–H groups in total. The molecular formula is C96H67ClN2. The highest BCUT2D eigenvalue weighted by Crippen LogP contribution is 2.42. The number of anilines is 5. The highest BCUT2D eigenvalue weighted by atomic mass is 35.5. The summed E-state index contributed by atoms with van der Waals surface area (Å²) >= 11 is 6.19. The molecule has 18 aromatic carbocycles. The molecule has 0 bridgehead atoms. The summed E-state index contributed by atoms with van der Waals surface area (Å²) in [6.45, 7) is 0. The molecule has 0 unspecified atom stereocenters. The van der Waals surface area contributed by atoms with Crippen molar-refractivity contribution in [1.29, 1.82) is 0 Å². The van der Waals surface area contributed by atoms with E-state index in [0.717, 1.165) is 39.0 Å². The summed E-state index contributed by atoms with van der Waals surface area (Å²) in [5.41, 5.74) is 20.1. The first kappa shape index (κ1) is 61.3. The Kier molecular flexibility index (Phi) is 17.3. The van der Waals surface area contributed by atoms with E-state index < -0.39 is 0 Å². The van der Waals surface area contributed by atoms with Gasteiger partial charge in [-0.25, -0.2) is 0 Å². The molecule has 468 valence electrons. The summed E-state index contributed by atoms with van der Waals surface area (Å²) in [6, 6.07) is 142. The molecule has 2 nitrogen and oxygen atoms in total. The third-order valence-electron chi connectivity index (χ3n) is 18.8. The van der Waals surface area contributed by atoms with Crippen LogP contribution in [0.15, 0.2) is 400 Å². The van der Waals surface area contributed by atoms with Crippen LogP contribution in [0.4, 0.5) is 28.4 Å². The Morgan fingerprint density at radius 2 is 0.414 bits per heavy atom. The molecule has 18 aromatic rings. The monoisotopic (exact) mass is 1280 g/mol. The summed E-state index contributed by atoms with van der Waals surface area (Å²) in [4.78, 5) is 2.34. The van der Waals surface area contributed by atoms with E-state index in [-0.39, 0.29) is 0 Å². The summed E-state index contributed by atoms with van der Waals surface area (Å²) in [5, 5.41) is 19.7. The van der Waals surface area contributed by atoms with Crippen molar-refractivity contribution in [1.82, 2.24) is 0 Å². The first-order valence-electron chi connectivity index (χ1n) is 33.7. The van der Waals surface area contributed by atoms with E-state index in [9.17, 15) is 0 Å². The van der Waals surface area contributed by atoms with Crippen molar-refractivity contribution in [3.05, 3.63) is 405 Å². The molecular weight excluding hydrogens is 1220 g/mol. The van der Waals surface area contributed by atoms with Crippen LogP contribution in [-0.2, 0) is 0 Å². The molecule has 99 heavy (non-hydrogen) atoms. The lowest BCUT2D eigenvalue weighted by Gasteiger charge is -2.26. The lowest BCUT2D eigenvalue weighted by Crippen LogP contribution is -2.09. The number of fused-ring (bicyclic) bond motifs is 12. The Hall–Kier alpha value is -12.6. The number of benzene rings is 18. The fraction of sp³-hybridized carbons (Fsp3) is 0. The van der Waals surface area contributed by atoms with Crippen molar-refractivity contribution in [3.8, 4) is 66.8 Å². The Bertz CT molecular complexity index is 5770. The van der Waals surface area contributed by atoms with E-state index in [0.29, 0.717) is 0 Å². The minimum Gasteiger partial charge on any atom is -0.356 e. The highest BCUT2D eigenvalue weighted by Gasteiger charge is 2.17. The summed E-state index contributed by atoms with van der Waals surface area (Å²) in [5.74, 6) is 0. The Labute approximate surface area is 583 Å². The fourth-order valence-corrected chi connectivity index (χ4v) is 14.1. The van der Waals surface area contributed by atoms with Crippen LogP contribution in [0.3, 0.4) is 0 Å². The van der Waals surface area contributed by atoms with E-state index in [1.54, 1.807) is 0 Å². The minimum absolute atomic E-state index is 0.765. The van der Waals surface area contributed by atoms with Crippen LogP contribution in [0.25, 0.3) is 131 Å². The molecule has 0 radical (unpaired) electrons. The molecule has 3 heteroatoms. The Morgan fingerprint density at radius 1 is 0.162 bits per heavy atom. The van der Waals surface area contributed by atoms with Gasteiger partial charge in [-0.2, -0.15) is 0 Å². The van der Waals surface area contributed by atoms with Crippen LogP contribution in [0, 0.1) is 0 Å². The van der Waals surface area contributed by atoms with Gasteiger partial charge in [-0.05, 0) is 216 Å². The summed E-state index contributed by atoms with van der Waals surface area (Å²) in [7, 11) is 0. The van der Waals surface area contributed by atoms with Crippen molar-refractivity contribution in [2.75, 3.05) is 10.2 Å². The molecule has 0 heterocycles. The van der Waals surface area contributed by atoms with E-state index in [2.05, 4.69) is 368 Å². The quantitative estimate of drug-likeness (QED) is 0.130. The zero-order valence-electron chi connectivity index (χ0n) is 54.4. The predicted octanol–water partition coefficient (Wildman–Crippen LogP) is 27.8. The van der Waals surface area contributed by atoms with Gasteiger partial charge in [-0.3, -0.25) is 0 Å². The molecule has 0 fully saturated rings. The van der Waals surface area contributed by atoms with Gasteiger partial charge >= 0.3 is 0 Å². The largest absolute Gasteiger partial charge is 0.356 e. The molecule has 0 saturated carbocycles. The molecule has 0 spiro atoms. The Morgan fingerprint density at radius 3 is 0.818 bits per heavy atom. The molecule has 0 aliphatic heterocycles. The predicted molar refractivity (Wildman–Crippen MR) is 426 cm³/mol. The molecule has 0 aliphatic carbocycles. The first-order chi connectivity index (χ1) is 49.0. The van der Waals surface area contributed by atoms with E-state index >= 15 is 0 Å². The van der Waals surface area contributed by atoms with Crippen LogP contribution in [0.2, 0.25) is 5.02 Å². The van der Waals surface area contributed by atoms with Crippen molar-refractivity contribution in [2.45, 2.75) is 0 Å². The van der Waals surface area contributed by atoms with Crippen LogP contribution < -0.4 is 10.2 Å². The normalized spacial score (nSPS) is 11.1. The zero-order chi connectivity index (χ0) is 66.3. The van der Waals surface area contributed by atoms with Crippen LogP contribution in [0.5, 0.6) is 0 Å². The van der Waals surface area contributed by atoms with Crippen molar-refractivity contribution in [3.63, 3.8) is 0 Å². The van der Waals surface area contributed by atoms with Crippen LogP contribution in [0.1, 0.15) is 0 Å². The summed E-state index contributed by atoms with van der Waals surface area (Å²) in [6.07, 6.45) is 0. The Balaban J connectivity index is 0.000000128. The standard InChI is InChI=1S/C48H33N.C24H15Cl.C24H19N/c1-3-12-34(13-4-1)35-22-24-36(25-23-35)37-26-29-41(30-27-37)49(40-15-5-2-6-16-40)42-17-11-14-38(32-42)39-28-31-47-45-20-8-7-18-43(45)44-19-9-10-21-46(44)48(47)33-39;25-18-7-5-6-16(14-18)17-12-13-23-21-10-2-1-8-19(21)20-9-3-4-11-22(20)24(23)15-17;1-3-7-19(8-4-1)20-11-13-21(14-12-20)22-15-17-24(18-16-22)25-23-9-5-2-6-10-23/h1-33H;1-15H;1-18,25H. The molecule has 0 saturated heterocycles. The van der Waals surface area contributed by atoms with Crippen LogP contribution in [-0.4, -0.2) is 0 Å². The smallest absolute Gasteiger partial charge is 0.0467 e. The van der Waals surface area contributed by atoms with E-state index in [1.807, 2.05) is 42.5 Å². The number of rotatable bonds is 11. The number of halogens is 1. The number of hydrogen-bond acceptors (Lipinski definition) is 2. The van der Waals surface area contributed by atoms with Crippen molar-refractivity contribution in [2.24, 2.45) is 0 Å². The maximum atomic E-state index is 6.19. The second-order valence-electron chi connectivity index (χ2n) is 24.9. The molecule has 18 rings (SSSR count). The van der Waals surface area contributed by atoms with E-state index in [1.165, 1.54) is 126 Å². The van der Waals surface area contributed by atoms with Gasteiger partial charge in [-0.1, -0.05) is 327 Å². The average Bonchev–Trinajstić information content (AvgIpc) is 0.751. The lowest BCUT2D eigenvalue weighted by molar-refractivity contribution is 1.28. The number of para-hydroxylation sites is 2. The number of nitrogens with zero attached hydrogens (tertiary/aromatic N) is 1. The zero-order valence-corrected chi connectivity index (χ0v) is 55.2. The maximum absolute atomic E-state index is 6.19. The molecule has 0 aliphatic rings. The van der Waals surface area contributed by atoms with Gasteiger partial charge < -0.3 is 10.2 Å². The van der Waals surface area contributed by atoms with Gasteiger partial charge in [0.05, 0.1) is 0 Å². The van der Waals surface area contributed by atoms with Crippen LogP contribution >= 0.6 is 11.6 Å². The topological polar surface area (TPSA) is 15.3 Å². The second-order valence-corrected chi connectivity index (χ2v) is 25.4. The average molecular weight is 1280 g/mol. The fourth-order valence-electron chi connectivity index (χ4n) is 13.9. The molecule has 0 atom stereocenters. The lowest BCUT2D eigenvalue weighted by atomic mass is 9.92. The number of hydrogen-bond donors (Lipinski definition) is 1. The van der Waals surface area contributed by atoms with Gasteiger partial charge in [0.25, 0.3) is 0 Å². The van der Waals surface area contributed by atoms with Crippen molar-refractivity contribution < 1.29 is 0 Å². The molecule has 0 aromatic heterocycles. The summed E-state index contributed by atoms with van der Waals surface area (Å²) < 4.78 is 0. The minimum atomic E-state index is 0.765. The second kappa shape index (κ2) is 28.0. The van der Waals surface area contributed by atoms with Gasteiger partial charge in [-0.15, -0.1) is 0 Å². The SMILES string of the molecule is Clc1cccc(-c2ccc3c4ccccc4c4ccccc4c3c2)c1.c1ccc(-c2ccc(-c3ccc(N(c4ccccc4)c4cccc(-c5ccc6c7ccccc7c7ccccc7c6c5)c4)cc3)cc2)cc1.c1ccc(Nc2ccc(-c3ccc(-c4ccccc4)cc3)cc2)cc1. The van der Waals surface area contributed by atoms with E-state index in [4.69, 9.17) is 11.6 Å².